The Labute approximate surface area is 89.5 Å². The van der Waals surface area contributed by atoms with Crippen LogP contribution in [0.3, 0.4) is 0 Å². The van der Waals surface area contributed by atoms with Gasteiger partial charge in [0.05, 0.1) is 11.3 Å². The van der Waals surface area contributed by atoms with Crippen LogP contribution in [0.1, 0.15) is 5.56 Å². The highest BCUT2D eigenvalue weighted by Gasteiger charge is 2.30. The van der Waals surface area contributed by atoms with Gasteiger partial charge in [0.25, 0.3) is 0 Å². The fraction of sp³-hybridized carbons (Fsp3) is 0.200. The molecule has 3 nitrogen and oxygen atoms in total. The summed E-state index contributed by atoms with van der Waals surface area (Å²) < 4.78 is 38.3. The van der Waals surface area contributed by atoms with E-state index in [1.165, 1.54) is 10.7 Å². The number of alkyl halides is 3. The molecule has 0 bridgehead atoms. The molecule has 0 aliphatic carbocycles. The number of halogens is 3. The molecule has 0 N–H and O–H groups in total. The molecule has 0 saturated carbocycles. The third-order valence-corrected chi connectivity index (χ3v) is 2.01. The predicted molar refractivity (Wildman–Crippen MR) is 50.3 cm³/mol. The highest BCUT2D eigenvalue weighted by atomic mass is 19.4. The molecular formula is C10H7F3N3. The second-order valence-corrected chi connectivity index (χ2v) is 3.26. The monoisotopic (exact) mass is 226 g/mol. The Hall–Kier alpha value is -1.85. The third-order valence-electron chi connectivity index (χ3n) is 2.01. The van der Waals surface area contributed by atoms with Gasteiger partial charge in [-0.25, -0.2) is 0 Å². The van der Waals surface area contributed by atoms with Crippen molar-refractivity contribution in [1.82, 2.24) is 14.8 Å². The first-order valence-electron chi connectivity index (χ1n) is 4.42. The zero-order chi connectivity index (χ0) is 11.8. The molecule has 0 fully saturated rings. The smallest absolute Gasteiger partial charge is 0.274 e. The van der Waals surface area contributed by atoms with Crippen LogP contribution in [0.4, 0.5) is 13.2 Å². The summed E-state index contributed by atoms with van der Waals surface area (Å²) in [6.45, 7) is 0. The zero-order valence-corrected chi connectivity index (χ0v) is 8.28. The third kappa shape index (κ3) is 2.05. The molecule has 2 aromatic rings. The average molecular weight is 226 g/mol. The highest BCUT2D eigenvalue weighted by molar-refractivity contribution is 5.56. The summed E-state index contributed by atoms with van der Waals surface area (Å²) in [6, 6.07) is 2.29. The van der Waals surface area contributed by atoms with Crippen LogP contribution in [0, 0.1) is 6.20 Å². The van der Waals surface area contributed by atoms with E-state index in [0.29, 0.717) is 11.3 Å². The molecule has 0 atom stereocenters. The minimum atomic E-state index is -4.36. The van der Waals surface area contributed by atoms with E-state index in [0.717, 1.165) is 12.3 Å². The van der Waals surface area contributed by atoms with Crippen LogP contribution >= 0.6 is 0 Å². The number of aromatic nitrogens is 3. The quantitative estimate of drug-likeness (QED) is 0.747. The van der Waals surface area contributed by atoms with Gasteiger partial charge in [0.15, 0.2) is 0 Å². The molecule has 0 amide bonds. The number of nitrogens with zero attached hydrogens (tertiary/aromatic N) is 3. The van der Waals surface area contributed by atoms with Gasteiger partial charge in [-0.05, 0) is 12.1 Å². The molecule has 2 rings (SSSR count). The van der Waals surface area contributed by atoms with Gasteiger partial charge >= 0.3 is 6.18 Å². The van der Waals surface area contributed by atoms with E-state index in [2.05, 4.69) is 16.3 Å². The van der Waals surface area contributed by atoms with Gasteiger partial charge in [0.2, 0.25) is 0 Å². The summed E-state index contributed by atoms with van der Waals surface area (Å²) >= 11 is 0. The average Bonchev–Trinajstić information content (AvgIpc) is 2.64. The Morgan fingerprint density at radius 3 is 2.50 bits per heavy atom. The van der Waals surface area contributed by atoms with Crippen LogP contribution in [0.5, 0.6) is 0 Å². The largest absolute Gasteiger partial charge is 0.417 e. The van der Waals surface area contributed by atoms with E-state index in [4.69, 9.17) is 0 Å². The van der Waals surface area contributed by atoms with Gasteiger partial charge in [-0.1, -0.05) is 0 Å². The van der Waals surface area contributed by atoms with Crippen molar-refractivity contribution in [3.05, 3.63) is 36.3 Å². The molecule has 0 saturated heterocycles. The number of hydrogen-bond donors (Lipinski definition) is 0. The van der Waals surface area contributed by atoms with E-state index < -0.39 is 11.7 Å². The lowest BCUT2D eigenvalue weighted by Gasteiger charge is -2.05. The lowest BCUT2D eigenvalue weighted by molar-refractivity contribution is -0.137. The van der Waals surface area contributed by atoms with Gasteiger partial charge in [-0.15, -0.1) is 0 Å². The molecule has 16 heavy (non-hydrogen) atoms. The predicted octanol–water partition coefficient (Wildman–Crippen LogP) is 2.30. The summed E-state index contributed by atoms with van der Waals surface area (Å²) in [6.07, 6.45) is 0.728. The Morgan fingerprint density at radius 1 is 1.31 bits per heavy atom. The number of hydrogen-bond acceptors (Lipinski definition) is 2. The molecule has 0 aliphatic rings. The van der Waals surface area contributed by atoms with Crippen molar-refractivity contribution in [2.24, 2.45) is 7.05 Å². The topological polar surface area (TPSA) is 30.7 Å². The molecule has 2 aromatic heterocycles. The fourth-order valence-electron chi connectivity index (χ4n) is 1.22. The van der Waals surface area contributed by atoms with Crippen LogP contribution in [-0.4, -0.2) is 14.8 Å². The van der Waals surface area contributed by atoms with Crippen molar-refractivity contribution in [2.75, 3.05) is 0 Å². The van der Waals surface area contributed by atoms with E-state index in [9.17, 15) is 13.2 Å². The molecule has 0 aliphatic heterocycles. The van der Waals surface area contributed by atoms with E-state index >= 15 is 0 Å². The second-order valence-electron chi connectivity index (χ2n) is 3.26. The minimum Gasteiger partial charge on any atom is -0.274 e. The fourth-order valence-corrected chi connectivity index (χ4v) is 1.22. The molecule has 2 heterocycles. The standard InChI is InChI=1S/C10H7F3N3/c1-16-6-7(4-15-16)9-3-2-8(5-14-9)10(11,12)13/h2-3,5-6H,1H3. The molecule has 83 valence electrons. The zero-order valence-electron chi connectivity index (χ0n) is 8.28. The Kier molecular flexibility index (Phi) is 2.41. The number of aryl methyl sites for hydroxylation is 1. The van der Waals surface area contributed by atoms with Crippen LogP contribution in [0.25, 0.3) is 11.3 Å². The van der Waals surface area contributed by atoms with E-state index in [1.807, 2.05) is 0 Å². The van der Waals surface area contributed by atoms with Crippen molar-refractivity contribution in [3.8, 4) is 11.3 Å². The highest BCUT2D eigenvalue weighted by Crippen LogP contribution is 2.29. The second kappa shape index (κ2) is 3.62. The van der Waals surface area contributed by atoms with Gasteiger partial charge in [-0.3, -0.25) is 9.67 Å². The SMILES string of the molecule is Cn1cc(-c2ccc(C(F)(F)F)cn2)[c]n1. The van der Waals surface area contributed by atoms with Crippen molar-refractivity contribution in [2.45, 2.75) is 6.18 Å². The Morgan fingerprint density at radius 2 is 2.06 bits per heavy atom. The van der Waals surface area contributed by atoms with Crippen LogP contribution in [-0.2, 0) is 13.2 Å². The molecule has 0 spiro atoms. The maximum absolute atomic E-state index is 12.3. The van der Waals surface area contributed by atoms with Crippen molar-refractivity contribution >= 4 is 0 Å². The first kappa shape index (κ1) is 10.7. The molecule has 0 unspecified atom stereocenters. The maximum Gasteiger partial charge on any atom is 0.417 e. The van der Waals surface area contributed by atoms with Crippen LogP contribution in [0.15, 0.2) is 24.5 Å². The molecule has 6 heteroatoms. The molecule has 1 radical (unpaired) electrons. The van der Waals surface area contributed by atoms with E-state index in [-0.39, 0.29) is 0 Å². The van der Waals surface area contributed by atoms with Crippen LogP contribution in [0.2, 0.25) is 0 Å². The first-order valence-corrected chi connectivity index (χ1v) is 4.42. The summed E-state index contributed by atoms with van der Waals surface area (Å²) in [5.41, 5.74) is 0.220. The van der Waals surface area contributed by atoms with Crippen LogP contribution < -0.4 is 0 Å². The normalized spacial score (nSPS) is 11.8. The number of pyridine rings is 1. The van der Waals surface area contributed by atoms with Gasteiger partial charge < -0.3 is 0 Å². The summed E-state index contributed by atoms with van der Waals surface area (Å²) in [5, 5.41) is 3.79. The minimum absolute atomic E-state index is 0.418. The van der Waals surface area contributed by atoms with Gasteiger partial charge in [0.1, 0.15) is 6.20 Å². The first-order chi connectivity index (χ1) is 7.47. The maximum atomic E-state index is 12.3. The Bertz CT molecular complexity index is 485. The van der Waals surface area contributed by atoms with Crippen molar-refractivity contribution in [3.63, 3.8) is 0 Å². The molecular weight excluding hydrogens is 219 g/mol. The lowest BCUT2D eigenvalue weighted by Crippen LogP contribution is -2.05. The number of rotatable bonds is 1. The van der Waals surface area contributed by atoms with Gasteiger partial charge in [0, 0.05) is 25.0 Å². The van der Waals surface area contributed by atoms with Crippen molar-refractivity contribution < 1.29 is 13.2 Å². The lowest BCUT2D eigenvalue weighted by atomic mass is 10.2. The Balaban J connectivity index is 2.33. The van der Waals surface area contributed by atoms with Crippen molar-refractivity contribution in [1.29, 1.82) is 0 Å². The summed E-state index contributed by atoms with van der Waals surface area (Å²) in [4.78, 5) is 3.72. The van der Waals surface area contributed by atoms with E-state index in [1.54, 1.807) is 13.2 Å². The summed E-state index contributed by atoms with van der Waals surface area (Å²) in [7, 11) is 1.70. The summed E-state index contributed by atoms with van der Waals surface area (Å²) in [5.74, 6) is 0. The molecule has 0 aromatic carbocycles. The van der Waals surface area contributed by atoms with Gasteiger partial charge in [-0.2, -0.15) is 18.3 Å².